The number of ether oxygens (including phenoxy) is 2. The lowest BCUT2D eigenvalue weighted by molar-refractivity contribution is 0.174. The van der Waals surface area contributed by atoms with Crippen LogP contribution in [0.5, 0.6) is 11.5 Å². The van der Waals surface area contributed by atoms with Gasteiger partial charge in [-0.1, -0.05) is 0 Å². The number of hydrogen-bond donors (Lipinski definition) is 1. The molecule has 0 saturated carbocycles. The molecule has 1 unspecified atom stereocenters. The molecule has 2 heterocycles. The first kappa shape index (κ1) is 12.8. The molecule has 1 aromatic carbocycles. The summed E-state index contributed by atoms with van der Waals surface area (Å²) >= 11 is 0. The normalized spacial score (nSPS) is 22.7. The Morgan fingerprint density at radius 1 is 1.32 bits per heavy atom. The van der Waals surface area contributed by atoms with Crippen LogP contribution in [0.4, 0.5) is 0 Å². The molecule has 0 bridgehead atoms. The Labute approximate surface area is 114 Å². The molecule has 4 heteroatoms. The topological polar surface area (TPSA) is 33.7 Å². The van der Waals surface area contributed by atoms with Gasteiger partial charge in [-0.3, -0.25) is 0 Å². The van der Waals surface area contributed by atoms with Gasteiger partial charge in [-0.25, -0.2) is 0 Å². The van der Waals surface area contributed by atoms with Gasteiger partial charge < -0.3 is 19.7 Å². The van der Waals surface area contributed by atoms with Crippen molar-refractivity contribution in [3.05, 3.63) is 23.3 Å². The van der Waals surface area contributed by atoms with E-state index >= 15 is 0 Å². The second-order valence-corrected chi connectivity index (χ2v) is 5.51. The summed E-state index contributed by atoms with van der Waals surface area (Å²) in [6.45, 7) is 5.86. The number of nitrogens with zero attached hydrogens (tertiary/aromatic N) is 1. The van der Waals surface area contributed by atoms with Crippen molar-refractivity contribution in [2.45, 2.75) is 25.8 Å². The van der Waals surface area contributed by atoms with Crippen LogP contribution >= 0.6 is 0 Å². The van der Waals surface area contributed by atoms with E-state index in [0.29, 0.717) is 12.8 Å². The van der Waals surface area contributed by atoms with Crippen molar-refractivity contribution in [2.24, 2.45) is 0 Å². The third-order valence-electron chi connectivity index (χ3n) is 4.22. The monoisotopic (exact) mass is 262 g/mol. The van der Waals surface area contributed by atoms with Gasteiger partial charge in [0.15, 0.2) is 11.5 Å². The molecule has 0 radical (unpaired) electrons. The van der Waals surface area contributed by atoms with Crippen molar-refractivity contribution in [3.63, 3.8) is 0 Å². The Balaban J connectivity index is 1.66. The van der Waals surface area contributed by atoms with Gasteiger partial charge in [0.05, 0.1) is 0 Å². The minimum Gasteiger partial charge on any atom is -0.454 e. The van der Waals surface area contributed by atoms with Gasteiger partial charge in [0.2, 0.25) is 6.79 Å². The molecule has 0 amide bonds. The van der Waals surface area contributed by atoms with E-state index in [-0.39, 0.29) is 0 Å². The fraction of sp³-hybridized carbons (Fsp3) is 0.600. The van der Waals surface area contributed by atoms with E-state index in [1.165, 1.54) is 17.5 Å². The molecule has 0 spiro atoms. The van der Waals surface area contributed by atoms with Crippen LogP contribution in [0.25, 0.3) is 0 Å². The van der Waals surface area contributed by atoms with Crippen molar-refractivity contribution < 1.29 is 9.47 Å². The highest BCUT2D eigenvalue weighted by atomic mass is 16.7. The molecule has 0 aliphatic carbocycles. The fourth-order valence-electron chi connectivity index (χ4n) is 2.86. The molecule has 1 atom stereocenters. The summed E-state index contributed by atoms with van der Waals surface area (Å²) in [7, 11) is 2.22. The molecule has 1 saturated heterocycles. The molecule has 1 aromatic rings. The smallest absolute Gasteiger partial charge is 0.231 e. The highest BCUT2D eigenvalue weighted by Crippen LogP contribution is 2.35. The number of hydrogen-bond acceptors (Lipinski definition) is 4. The summed E-state index contributed by atoms with van der Waals surface area (Å²) < 4.78 is 10.9. The van der Waals surface area contributed by atoms with Gasteiger partial charge >= 0.3 is 0 Å². The summed E-state index contributed by atoms with van der Waals surface area (Å²) in [6, 6.07) is 4.88. The van der Waals surface area contributed by atoms with Gasteiger partial charge in [-0.15, -0.1) is 0 Å². The van der Waals surface area contributed by atoms with E-state index in [0.717, 1.165) is 37.6 Å². The van der Waals surface area contributed by atoms with E-state index in [1.54, 1.807) is 0 Å². The van der Waals surface area contributed by atoms with Crippen LogP contribution in [-0.2, 0) is 6.42 Å². The summed E-state index contributed by atoms with van der Waals surface area (Å²) in [5.74, 6) is 1.79. The lowest BCUT2D eigenvalue weighted by atomic mass is 9.99. The molecule has 3 rings (SSSR count). The standard InChI is InChI=1S/C15H22N2O2/c1-11-7-14-15(19-10-18-14)8-12(11)3-4-13-9-16-5-6-17(13)2/h7-8,13,16H,3-6,9-10H2,1-2H3. The van der Waals surface area contributed by atoms with Crippen LogP contribution in [0.3, 0.4) is 0 Å². The van der Waals surface area contributed by atoms with E-state index in [9.17, 15) is 0 Å². The number of nitrogens with one attached hydrogen (secondary N) is 1. The van der Waals surface area contributed by atoms with Crippen LogP contribution < -0.4 is 14.8 Å². The zero-order valence-corrected chi connectivity index (χ0v) is 11.7. The molecule has 104 valence electrons. The maximum absolute atomic E-state index is 5.46. The first-order valence-electron chi connectivity index (χ1n) is 7.04. The highest BCUT2D eigenvalue weighted by Gasteiger charge is 2.20. The molecule has 0 aromatic heterocycles. The number of piperazine rings is 1. The number of benzene rings is 1. The zero-order chi connectivity index (χ0) is 13.2. The van der Waals surface area contributed by atoms with E-state index in [2.05, 4.69) is 36.3 Å². The van der Waals surface area contributed by atoms with Crippen LogP contribution in [0.2, 0.25) is 0 Å². The number of likely N-dealkylation sites (N-methyl/N-ethyl adjacent to an activating group) is 1. The van der Waals surface area contributed by atoms with Crippen LogP contribution in [0.1, 0.15) is 17.5 Å². The summed E-state index contributed by atoms with van der Waals surface area (Å²) in [5.41, 5.74) is 2.68. The molecular formula is C15H22N2O2. The minimum atomic E-state index is 0.355. The first-order chi connectivity index (χ1) is 9.24. The lowest BCUT2D eigenvalue weighted by Gasteiger charge is -2.33. The lowest BCUT2D eigenvalue weighted by Crippen LogP contribution is -2.49. The molecule has 2 aliphatic heterocycles. The Kier molecular flexibility index (Phi) is 3.62. The van der Waals surface area contributed by atoms with Gasteiger partial charge in [0, 0.05) is 25.7 Å². The Morgan fingerprint density at radius 2 is 2.11 bits per heavy atom. The van der Waals surface area contributed by atoms with Gasteiger partial charge in [-0.05, 0) is 50.1 Å². The van der Waals surface area contributed by atoms with Crippen LogP contribution in [0.15, 0.2) is 12.1 Å². The number of fused-ring (bicyclic) bond motifs is 1. The van der Waals surface area contributed by atoms with Crippen molar-refractivity contribution in [3.8, 4) is 11.5 Å². The predicted octanol–water partition coefficient (Wildman–Crippen LogP) is 1.56. The average molecular weight is 262 g/mol. The molecule has 1 N–H and O–H groups in total. The first-order valence-corrected chi connectivity index (χ1v) is 7.04. The summed E-state index contributed by atoms with van der Waals surface area (Å²) in [4.78, 5) is 2.46. The Hall–Kier alpha value is -1.26. The van der Waals surface area contributed by atoms with Crippen LogP contribution in [0, 0.1) is 6.92 Å². The highest BCUT2D eigenvalue weighted by molar-refractivity contribution is 5.48. The van der Waals surface area contributed by atoms with Crippen molar-refractivity contribution >= 4 is 0 Å². The third-order valence-corrected chi connectivity index (χ3v) is 4.22. The molecule has 1 fully saturated rings. The van der Waals surface area contributed by atoms with Crippen molar-refractivity contribution in [1.29, 1.82) is 0 Å². The molecular weight excluding hydrogens is 240 g/mol. The zero-order valence-electron chi connectivity index (χ0n) is 11.7. The Morgan fingerprint density at radius 3 is 2.89 bits per heavy atom. The molecule has 19 heavy (non-hydrogen) atoms. The third kappa shape index (κ3) is 2.69. The van der Waals surface area contributed by atoms with E-state index in [4.69, 9.17) is 9.47 Å². The van der Waals surface area contributed by atoms with Crippen LogP contribution in [-0.4, -0.2) is 44.4 Å². The predicted molar refractivity (Wildman–Crippen MR) is 74.9 cm³/mol. The average Bonchev–Trinajstić information content (AvgIpc) is 2.84. The summed E-state index contributed by atoms with van der Waals surface area (Å²) in [6.07, 6.45) is 2.28. The van der Waals surface area contributed by atoms with Crippen molar-refractivity contribution in [2.75, 3.05) is 33.5 Å². The minimum absolute atomic E-state index is 0.355. The summed E-state index contributed by atoms with van der Waals surface area (Å²) in [5, 5.41) is 3.47. The fourth-order valence-corrected chi connectivity index (χ4v) is 2.86. The van der Waals surface area contributed by atoms with Gasteiger partial charge in [0.25, 0.3) is 0 Å². The Bertz CT molecular complexity index is 462. The second-order valence-electron chi connectivity index (χ2n) is 5.51. The number of rotatable bonds is 3. The maximum Gasteiger partial charge on any atom is 0.231 e. The van der Waals surface area contributed by atoms with Gasteiger partial charge in [0.1, 0.15) is 0 Å². The molecule has 2 aliphatic rings. The second kappa shape index (κ2) is 5.39. The van der Waals surface area contributed by atoms with E-state index in [1.807, 2.05) is 0 Å². The largest absolute Gasteiger partial charge is 0.454 e. The van der Waals surface area contributed by atoms with Crippen molar-refractivity contribution in [1.82, 2.24) is 10.2 Å². The SMILES string of the molecule is Cc1cc2c(cc1CCC1CNCCN1C)OCO2. The van der Waals surface area contributed by atoms with E-state index < -0.39 is 0 Å². The number of aryl methyl sites for hydroxylation is 2. The quantitative estimate of drug-likeness (QED) is 0.896. The molecule has 4 nitrogen and oxygen atoms in total. The maximum atomic E-state index is 5.46. The van der Waals surface area contributed by atoms with Gasteiger partial charge in [-0.2, -0.15) is 0 Å².